The highest BCUT2D eigenvalue weighted by Crippen LogP contribution is 2.30. The van der Waals surface area contributed by atoms with Crippen molar-refractivity contribution in [2.45, 2.75) is 44.7 Å². The lowest BCUT2D eigenvalue weighted by Crippen LogP contribution is -2.44. The van der Waals surface area contributed by atoms with Crippen LogP contribution < -0.4 is 0 Å². The number of Topliss-reactive ketones (excluding diaryl/α,β-unsaturated/α-hetero) is 1. The summed E-state index contributed by atoms with van der Waals surface area (Å²) in [6.07, 6.45) is 4.93. The van der Waals surface area contributed by atoms with Gasteiger partial charge in [-0.1, -0.05) is 72.8 Å². The van der Waals surface area contributed by atoms with Crippen LogP contribution >= 0.6 is 0 Å². The van der Waals surface area contributed by atoms with Gasteiger partial charge in [-0.15, -0.1) is 0 Å². The van der Waals surface area contributed by atoms with Gasteiger partial charge in [-0.3, -0.25) is 4.79 Å². The van der Waals surface area contributed by atoms with Crippen LogP contribution in [0.15, 0.2) is 66.7 Å². The number of benzene rings is 2. The average Bonchev–Trinajstić information content (AvgIpc) is 2.60. The Kier molecular flexibility index (Phi) is 5.47. The predicted octanol–water partition coefficient (Wildman–Crippen LogP) is 4.88. The third kappa shape index (κ3) is 5.12. The Morgan fingerprint density at radius 2 is 1.68 bits per heavy atom. The second-order valence-corrected chi connectivity index (χ2v) is 6.79. The fraction of sp³-hybridized carbons (Fsp3) is 0.318. The molecule has 1 aliphatic heterocycles. The van der Waals surface area contributed by atoms with Crippen LogP contribution in [0.1, 0.15) is 42.6 Å². The van der Waals surface area contributed by atoms with Gasteiger partial charge < -0.3 is 9.47 Å². The third-order valence-electron chi connectivity index (χ3n) is 4.19. The number of ketones is 1. The Morgan fingerprint density at radius 1 is 1.04 bits per heavy atom. The Bertz CT molecular complexity index is 719. The first-order valence-corrected chi connectivity index (χ1v) is 8.69. The van der Waals surface area contributed by atoms with E-state index in [0.717, 1.165) is 11.1 Å². The quantitative estimate of drug-likeness (QED) is 0.730. The second-order valence-electron chi connectivity index (χ2n) is 6.79. The van der Waals surface area contributed by atoms with E-state index in [1.807, 2.05) is 62.4 Å². The first-order chi connectivity index (χ1) is 12.0. The van der Waals surface area contributed by atoms with Crippen LogP contribution in [-0.2, 0) is 9.47 Å². The predicted molar refractivity (Wildman–Crippen MR) is 99.3 cm³/mol. The zero-order valence-electron chi connectivity index (χ0n) is 14.7. The van der Waals surface area contributed by atoms with Crippen LogP contribution in [0, 0.1) is 0 Å². The normalized spacial score (nSPS) is 22.8. The van der Waals surface area contributed by atoms with E-state index in [9.17, 15) is 4.79 Å². The lowest BCUT2D eigenvalue weighted by Gasteiger charge is -2.39. The molecule has 1 aliphatic rings. The van der Waals surface area contributed by atoms with Crippen molar-refractivity contribution >= 4 is 11.9 Å². The summed E-state index contributed by atoms with van der Waals surface area (Å²) in [6.45, 7) is 3.80. The number of ether oxygens (including phenoxy) is 2. The summed E-state index contributed by atoms with van der Waals surface area (Å²) in [5.41, 5.74) is 1.86. The first-order valence-electron chi connectivity index (χ1n) is 8.69. The molecule has 2 aromatic carbocycles. The maximum absolute atomic E-state index is 12.5. The van der Waals surface area contributed by atoms with Crippen LogP contribution in [-0.4, -0.2) is 23.8 Å². The summed E-state index contributed by atoms with van der Waals surface area (Å²) in [4.78, 5) is 12.5. The van der Waals surface area contributed by atoms with Crippen LogP contribution in [0.4, 0.5) is 0 Å². The van der Waals surface area contributed by atoms with Crippen LogP contribution in [0.3, 0.4) is 0 Å². The van der Waals surface area contributed by atoms with Crippen molar-refractivity contribution in [2.24, 2.45) is 0 Å². The number of carbonyl (C=O) groups is 1. The van der Waals surface area contributed by atoms with Crippen LogP contribution in [0.2, 0.25) is 0 Å². The van der Waals surface area contributed by atoms with E-state index in [4.69, 9.17) is 9.47 Å². The minimum Gasteiger partial charge on any atom is -0.347 e. The van der Waals surface area contributed by atoms with E-state index >= 15 is 0 Å². The van der Waals surface area contributed by atoms with Crippen molar-refractivity contribution < 1.29 is 14.3 Å². The third-order valence-corrected chi connectivity index (χ3v) is 4.19. The molecular weight excluding hydrogens is 312 g/mol. The summed E-state index contributed by atoms with van der Waals surface area (Å²) in [6, 6.07) is 19.5. The minimum atomic E-state index is -0.703. The number of hydrogen-bond donors (Lipinski definition) is 0. The van der Waals surface area contributed by atoms with Gasteiger partial charge in [0.25, 0.3) is 0 Å². The average molecular weight is 336 g/mol. The molecule has 0 spiro atoms. The van der Waals surface area contributed by atoms with Crippen molar-refractivity contribution in [1.82, 2.24) is 0 Å². The molecule has 0 saturated carbocycles. The van der Waals surface area contributed by atoms with Gasteiger partial charge in [0, 0.05) is 18.4 Å². The smallest absolute Gasteiger partial charge is 0.165 e. The second kappa shape index (κ2) is 7.77. The van der Waals surface area contributed by atoms with E-state index in [1.54, 1.807) is 0 Å². The van der Waals surface area contributed by atoms with Gasteiger partial charge in [0.15, 0.2) is 11.6 Å². The molecule has 0 bridgehead atoms. The number of hydrogen-bond acceptors (Lipinski definition) is 3. The molecule has 130 valence electrons. The largest absolute Gasteiger partial charge is 0.347 e. The van der Waals surface area contributed by atoms with Crippen molar-refractivity contribution in [2.75, 3.05) is 0 Å². The number of carbonyl (C=O) groups excluding carboxylic acids is 1. The van der Waals surface area contributed by atoms with E-state index in [-0.39, 0.29) is 18.0 Å². The summed E-state index contributed by atoms with van der Waals surface area (Å²) in [7, 11) is 0. The Hall–Kier alpha value is -2.23. The fourth-order valence-electron chi connectivity index (χ4n) is 3.12. The zero-order chi connectivity index (χ0) is 17.7. The molecule has 0 aliphatic carbocycles. The Morgan fingerprint density at radius 3 is 2.36 bits per heavy atom. The Labute approximate surface area is 149 Å². The standard InChI is InChI=1S/C22H24O3/c1-22(2)24-19(14-13-17-9-5-3-6-10-17)15-20(25-22)16-21(23)18-11-7-4-8-12-18/h3-14,19-20H,15-16H2,1-2H3/b14-13+/t19-,20-/m1/s1. The lowest BCUT2D eigenvalue weighted by molar-refractivity contribution is -0.288. The van der Waals surface area contributed by atoms with Crippen molar-refractivity contribution in [3.63, 3.8) is 0 Å². The highest BCUT2D eigenvalue weighted by Gasteiger charge is 2.35. The summed E-state index contributed by atoms with van der Waals surface area (Å²) >= 11 is 0. The molecule has 1 heterocycles. The molecule has 1 saturated heterocycles. The van der Waals surface area contributed by atoms with Gasteiger partial charge in [-0.2, -0.15) is 0 Å². The van der Waals surface area contributed by atoms with E-state index in [2.05, 4.69) is 24.3 Å². The van der Waals surface area contributed by atoms with Crippen molar-refractivity contribution in [3.05, 3.63) is 77.9 Å². The topological polar surface area (TPSA) is 35.5 Å². The van der Waals surface area contributed by atoms with Crippen LogP contribution in [0.5, 0.6) is 0 Å². The first kappa shape index (κ1) is 17.6. The molecule has 3 rings (SSSR count). The molecule has 0 aromatic heterocycles. The monoisotopic (exact) mass is 336 g/mol. The van der Waals surface area contributed by atoms with Crippen LogP contribution in [0.25, 0.3) is 6.08 Å². The molecular formula is C22H24O3. The van der Waals surface area contributed by atoms with E-state index in [0.29, 0.717) is 12.8 Å². The molecule has 0 N–H and O–H groups in total. The van der Waals surface area contributed by atoms with Gasteiger partial charge in [-0.25, -0.2) is 0 Å². The molecule has 2 aromatic rings. The van der Waals surface area contributed by atoms with Gasteiger partial charge in [0.05, 0.1) is 12.2 Å². The van der Waals surface area contributed by atoms with E-state index in [1.165, 1.54) is 0 Å². The number of rotatable bonds is 5. The fourth-order valence-corrected chi connectivity index (χ4v) is 3.12. The summed E-state index contributed by atoms with van der Waals surface area (Å²) in [5, 5.41) is 0. The highest BCUT2D eigenvalue weighted by atomic mass is 16.7. The molecule has 3 heteroatoms. The molecule has 0 amide bonds. The minimum absolute atomic E-state index is 0.0717. The molecule has 0 radical (unpaired) electrons. The molecule has 0 unspecified atom stereocenters. The lowest BCUT2D eigenvalue weighted by atomic mass is 9.99. The molecule has 3 nitrogen and oxygen atoms in total. The maximum Gasteiger partial charge on any atom is 0.165 e. The van der Waals surface area contributed by atoms with Gasteiger partial charge in [0.1, 0.15) is 0 Å². The maximum atomic E-state index is 12.5. The summed E-state index contributed by atoms with van der Waals surface area (Å²) in [5.74, 6) is -0.597. The SMILES string of the molecule is CC1(C)O[C@@H](CC(=O)c2ccccc2)C[C@@H](/C=C/c2ccccc2)O1. The van der Waals surface area contributed by atoms with Gasteiger partial charge in [-0.05, 0) is 19.4 Å². The molecule has 2 atom stereocenters. The zero-order valence-corrected chi connectivity index (χ0v) is 14.7. The molecule has 25 heavy (non-hydrogen) atoms. The van der Waals surface area contributed by atoms with Crippen molar-refractivity contribution in [3.8, 4) is 0 Å². The van der Waals surface area contributed by atoms with Gasteiger partial charge in [0.2, 0.25) is 0 Å². The van der Waals surface area contributed by atoms with E-state index < -0.39 is 5.79 Å². The summed E-state index contributed by atoms with van der Waals surface area (Å²) < 4.78 is 12.0. The highest BCUT2D eigenvalue weighted by molar-refractivity contribution is 5.96. The Balaban J connectivity index is 1.66. The molecule has 1 fully saturated rings. The van der Waals surface area contributed by atoms with Crippen molar-refractivity contribution in [1.29, 1.82) is 0 Å². The van der Waals surface area contributed by atoms with Gasteiger partial charge >= 0.3 is 0 Å².